The Bertz CT molecular complexity index is 2110. The molecule has 2 aromatic heterocycles. The highest BCUT2D eigenvalue weighted by atomic mass is 15.0. The molecule has 48 heavy (non-hydrogen) atoms. The minimum Gasteiger partial charge on any atom is -0.253 e. The van der Waals surface area contributed by atoms with E-state index in [9.17, 15) is 5.26 Å². The van der Waals surface area contributed by atoms with Crippen LogP contribution >= 0.6 is 0 Å². The zero-order chi connectivity index (χ0) is 32.1. The summed E-state index contributed by atoms with van der Waals surface area (Å²) in [5.74, 6) is 4.54. The van der Waals surface area contributed by atoms with Crippen molar-refractivity contribution >= 4 is 0 Å². The standard InChI is InChI=1S/C43H35N5/c44-27-28-9-11-33(12-10-28)37-18-15-35(23-38(37)32-6-2-1-3-7-32)41-46-40(47-42(48-41)39-8-4-5-19-45-39)34-13-16-36(17-14-34)43-24-29-20-30(25-43)22-31(21-29)26-43/h1-19,23,29-31H,20-22,24-26H2/t29-,30-,31-,43?. The third-order valence-electron chi connectivity index (χ3n) is 11.0. The summed E-state index contributed by atoms with van der Waals surface area (Å²) >= 11 is 0. The molecule has 4 aliphatic rings. The fourth-order valence-corrected chi connectivity index (χ4v) is 9.20. The molecule has 0 aliphatic heterocycles. The van der Waals surface area contributed by atoms with Crippen molar-refractivity contribution in [3.63, 3.8) is 0 Å². The number of rotatable bonds is 6. The van der Waals surface area contributed by atoms with Gasteiger partial charge >= 0.3 is 0 Å². The molecule has 0 amide bonds. The molecule has 4 aromatic carbocycles. The number of aromatic nitrogens is 4. The Hall–Kier alpha value is -5.47. The molecule has 0 radical (unpaired) electrons. The first-order chi connectivity index (χ1) is 23.6. The Balaban J connectivity index is 1.14. The normalized spacial score (nSPS) is 22.4. The second kappa shape index (κ2) is 11.6. The molecule has 5 heteroatoms. The van der Waals surface area contributed by atoms with Gasteiger partial charge < -0.3 is 0 Å². The molecule has 2 heterocycles. The van der Waals surface area contributed by atoms with E-state index in [1.54, 1.807) is 6.20 Å². The van der Waals surface area contributed by atoms with Gasteiger partial charge in [-0.2, -0.15) is 5.26 Å². The number of nitrogens with zero attached hydrogens (tertiary/aromatic N) is 5. The van der Waals surface area contributed by atoms with Crippen molar-refractivity contribution in [1.82, 2.24) is 19.9 Å². The van der Waals surface area contributed by atoms with Crippen LogP contribution in [-0.4, -0.2) is 19.9 Å². The lowest BCUT2D eigenvalue weighted by Crippen LogP contribution is -2.48. The fraction of sp³-hybridized carbons (Fsp3) is 0.233. The predicted molar refractivity (Wildman–Crippen MR) is 189 cm³/mol. The van der Waals surface area contributed by atoms with Crippen LogP contribution in [0.5, 0.6) is 0 Å². The van der Waals surface area contributed by atoms with Crippen molar-refractivity contribution in [2.45, 2.75) is 43.9 Å². The van der Waals surface area contributed by atoms with Crippen LogP contribution in [0.4, 0.5) is 0 Å². The summed E-state index contributed by atoms with van der Waals surface area (Å²) in [6, 6.07) is 41.7. The summed E-state index contributed by atoms with van der Waals surface area (Å²) in [4.78, 5) is 19.6. The van der Waals surface area contributed by atoms with Crippen molar-refractivity contribution in [2.24, 2.45) is 17.8 Å². The summed E-state index contributed by atoms with van der Waals surface area (Å²) in [6.07, 6.45) is 10.2. The highest BCUT2D eigenvalue weighted by Gasteiger charge is 2.51. The van der Waals surface area contributed by atoms with E-state index in [1.165, 1.54) is 44.1 Å². The first kappa shape index (κ1) is 28.7. The first-order valence-corrected chi connectivity index (χ1v) is 17.1. The molecule has 4 saturated carbocycles. The Labute approximate surface area is 281 Å². The summed E-state index contributed by atoms with van der Waals surface area (Å²) in [7, 11) is 0. The van der Waals surface area contributed by atoms with Crippen molar-refractivity contribution in [3.8, 4) is 62.6 Å². The van der Waals surface area contributed by atoms with E-state index in [-0.39, 0.29) is 0 Å². The average molecular weight is 622 g/mol. The molecule has 0 N–H and O–H groups in total. The van der Waals surface area contributed by atoms with E-state index in [2.05, 4.69) is 77.8 Å². The first-order valence-electron chi connectivity index (χ1n) is 17.1. The molecule has 4 aliphatic carbocycles. The molecular weight excluding hydrogens is 587 g/mol. The summed E-state index contributed by atoms with van der Waals surface area (Å²) < 4.78 is 0. The minimum atomic E-state index is 0.348. The fourth-order valence-electron chi connectivity index (χ4n) is 9.20. The van der Waals surface area contributed by atoms with Gasteiger partial charge in [0.15, 0.2) is 17.5 Å². The molecule has 0 saturated heterocycles. The van der Waals surface area contributed by atoms with Gasteiger partial charge in [-0.05, 0) is 120 Å². The molecule has 10 rings (SSSR count). The third kappa shape index (κ3) is 5.18. The Morgan fingerprint density at radius 2 is 1.12 bits per heavy atom. The quantitative estimate of drug-likeness (QED) is 0.185. The summed E-state index contributed by atoms with van der Waals surface area (Å²) in [5, 5.41) is 9.35. The lowest BCUT2D eigenvalue weighted by molar-refractivity contribution is -0.00518. The van der Waals surface area contributed by atoms with E-state index in [4.69, 9.17) is 15.0 Å². The predicted octanol–water partition coefficient (Wildman–Crippen LogP) is 9.94. The Morgan fingerprint density at radius 1 is 0.542 bits per heavy atom. The largest absolute Gasteiger partial charge is 0.253 e. The maximum atomic E-state index is 9.35. The maximum absolute atomic E-state index is 9.35. The molecule has 0 atom stereocenters. The van der Waals surface area contributed by atoms with E-state index in [0.29, 0.717) is 34.1 Å². The molecule has 5 nitrogen and oxygen atoms in total. The Morgan fingerprint density at radius 3 is 1.77 bits per heavy atom. The van der Waals surface area contributed by atoms with Crippen molar-refractivity contribution in [2.75, 3.05) is 0 Å². The minimum absolute atomic E-state index is 0.348. The topological polar surface area (TPSA) is 75.3 Å². The van der Waals surface area contributed by atoms with E-state index >= 15 is 0 Å². The van der Waals surface area contributed by atoms with Gasteiger partial charge in [-0.25, -0.2) is 15.0 Å². The maximum Gasteiger partial charge on any atom is 0.182 e. The highest BCUT2D eigenvalue weighted by molar-refractivity contribution is 5.86. The van der Waals surface area contributed by atoms with Crippen LogP contribution in [-0.2, 0) is 5.41 Å². The molecule has 6 aromatic rings. The second-order valence-corrected chi connectivity index (χ2v) is 14.1. The van der Waals surface area contributed by atoms with Gasteiger partial charge in [0, 0.05) is 17.3 Å². The highest BCUT2D eigenvalue weighted by Crippen LogP contribution is 2.60. The zero-order valence-corrected chi connectivity index (χ0v) is 26.8. The van der Waals surface area contributed by atoms with Crippen LogP contribution in [0, 0.1) is 29.1 Å². The average Bonchev–Trinajstić information content (AvgIpc) is 3.15. The van der Waals surface area contributed by atoms with Crippen LogP contribution in [0.15, 0.2) is 121 Å². The Kier molecular flexibility index (Phi) is 6.97. The lowest BCUT2D eigenvalue weighted by Gasteiger charge is -2.57. The molecule has 4 fully saturated rings. The van der Waals surface area contributed by atoms with Crippen LogP contribution < -0.4 is 0 Å². The summed E-state index contributed by atoms with van der Waals surface area (Å²) in [5.41, 5.74) is 9.37. The molecule has 0 unspecified atom stereocenters. The van der Waals surface area contributed by atoms with Crippen LogP contribution in [0.3, 0.4) is 0 Å². The van der Waals surface area contributed by atoms with Crippen molar-refractivity contribution < 1.29 is 0 Å². The lowest BCUT2D eigenvalue weighted by atomic mass is 9.48. The van der Waals surface area contributed by atoms with Gasteiger partial charge in [0.2, 0.25) is 0 Å². The monoisotopic (exact) mass is 621 g/mol. The van der Waals surface area contributed by atoms with Crippen LogP contribution in [0.25, 0.3) is 56.5 Å². The molecule has 232 valence electrons. The SMILES string of the molecule is N#Cc1ccc(-c2ccc(-c3nc(-c4ccc(C56C[C@H]7C[C@H](C5)C[C@@H](C6)C7)cc4)nc(-c4ccccn4)n3)cc2-c2ccccc2)cc1. The van der Waals surface area contributed by atoms with Gasteiger partial charge in [-0.15, -0.1) is 0 Å². The van der Waals surface area contributed by atoms with E-state index < -0.39 is 0 Å². The molecule has 0 spiro atoms. The number of hydrogen-bond donors (Lipinski definition) is 0. The van der Waals surface area contributed by atoms with Gasteiger partial charge in [0.1, 0.15) is 5.69 Å². The smallest absolute Gasteiger partial charge is 0.182 e. The number of nitriles is 1. The van der Waals surface area contributed by atoms with Gasteiger partial charge in [-0.3, -0.25) is 4.98 Å². The van der Waals surface area contributed by atoms with Gasteiger partial charge in [0.25, 0.3) is 0 Å². The van der Waals surface area contributed by atoms with Crippen LogP contribution in [0.1, 0.15) is 49.7 Å². The van der Waals surface area contributed by atoms with Gasteiger partial charge in [0.05, 0.1) is 11.6 Å². The van der Waals surface area contributed by atoms with Crippen molar-refractivity contribution in [3.05, 3.63) is 133 Å². The van der Waals surface area contributed by atoms with Crippen LogP contribution in [0.2, 0.25) is 0 Å². The van der Waals surface area contributed by atoms with Crippen molar-refractivity contribution in [1.29, 1.82) is 5.26 Å². The van der Waals surface area contributed by atoms with E-state index in [1.807, 2.05) is 48.5 Å². The van der Waals surface area contributed by atoms with Gasteiger partial charge in [-0.1, -0.05) is 84.9 Å². The molecular formula is C43H35N5. The van der Waals surface area contributed by atoms with E-state index in [0.717, 1.165) is 51.1 Å². The number of benzene rings is 4. The zero-order valence-electron chi connectivity index (χ0n) is 26.8. The number of pyridine rings is 1. The second-order valence-electron chi connectivity index (χ2n) is 14.1. The number of hydrogen-bond acceptors (Lipinski definition) is 5. The summed E-state index contributed by atoms with van der Waals surface area (Å²) in [6.45, 7) is 0. The third-order valence-corrected chi connectivity index (χ3v) is 11.0. The molecule has 4 bridgehead atoms.